The molecule has 154 valence electrons. The SMILES string of the molecule is Cc1cc(/C=C(\C#N)C(=O)OCn2nnc3ccccc3c2=O)c(C)n1CC(C)C. The molecule has 0 N–H and O–H groups in total. The van der Waals surface area contributed by atoms with Crippen molar-refractivity contribution in [1.29, 1.82) is 5.26 Å². The van der Waals surface area contributed by atoms with Gasteiger partial charge in [0, 0.05) is 17.9 Å². The van der Waals surface area contributed by atoms with Crippen molar-refractivity contribution in [3.63, 3.8) is 0 Å². The molecule has 0 unspecified atom stereocenters. The molecule has 0 saturated heterocycles. The van der Waals surface area contributed by atoms with Gasteiger partial charge in [0.1, 0.15) is 17.2 Å². The van der Waals surface area contributed by atoms with Gasteiger partial charge >= 0.3 is 5.97 Å². The van der Waals surface area contributed by atoms with Crippen molar-refractivity contribution in [2.45, 2.75) is 41.0 Å². The maximum atomic E-state index is 12.4. The molecular formula is C22H23N5O3. The monoisotopic (exact) mass is 405 g/mol. The highest BCUT2D eigenvalue weighted by Crippen LogP contribution is 2.20. The quantitative estimate of drug-likeness (QED) is 0.355. The molecule has 2 heterocycles. The molecule has 2 aromatic heterocycles. The fraction of sp³-hybridized carbons (Fsp3) is 0.318. The van der Waals surface area contributed by atoms with Gasteiger partial charge in [-0.3, -0.25) is 4.79 Å². The van der Waals surface area contributed by atoms with Crippen LogP contribution in [0.1, 0.15) is 30.8 Å². The lowest BCUT2D eigenvalue weighted by Crippen LogP contribution is -2.26. The zero-order valence-electron chi connectivity index (χ0n) is 17.4. The number of nitrogens with zero attached hydrogens (tertiary/aromatic N) is 5. The summed E-state index contributed by atoms with van der Waals surface area (Å²) in [5, 5.41) is 17.5. The number of hydrogen-bond acceptors (Lipinski definition) is 6. The molecule has 8 nitrogen and oxygen atoms in total. The summed E-state index contributed by atoms with van der Waals surface area (Å²) in [6.07, 6.45) is 1.51. The van der Waals surface area contributed by atoms with E-state index < -0.39 is 18.3 Å². The summed E-state index contributed by atoms with van der Waals surface area (Å²) in [7, 11) is 0. The van der Waals surface area contributed by atoms with E-state index in [0.717, 1.165) is 28.2 Å². The van der Waals surface area contributed by atoms with E-state index in [1.807, 2.05) is 26.0 Å². The Morgan fingerprint density at radius 2 is 2.03 bits per heavy atom. The molecule has 0 aliphatic rings. The summed E-state index contributed by atoms with van der Waals surface area (Å²) in [6, 6.07) is 10.6. The van der Waals surface area contributed by atoms with Crippen LogP contribution in [-0.2, 0) is 22.8 Å². The third kappa shape index (κ3) is 4.30. The van der Waals surface area contributed by atoms with Gasteiger partial charge in [-0.1, -0.05) is 31.2 Å². The lowest BCUT2D eigenvalue weighted by atomic mass is 10.1. The Kier molecular flexibility index (Phi) is 6.11. The molecule has 8 heteroatoms. The Morgan fingerprint density at radius 3 is 2.73 bits per heavy atom. The number of fused-ring (bicyclic) bond motifs is 1. The zero-order valence-corrected chi connectivity index (χ0v) is 17.4. The average Bonchev–Trinajstić information content (AvgIpc) is 2.98. The second-order valence-electron chi connectivity index (χ2n) is 7.47. The Bertz CT molecular complexity index is 1230. The van der Waals surface area contributed by atoms with Crippen LogP contribution in [0.3, 0.4) is 0 Å². The molecule has 0 aliphatic heterocycles. The minimum absolute atomic E-state index is 0.151. The minimum atomic E-state index is -0.826. The number of hydrogen-bond donors (Lipinski definition) is 0. The second kappa shape index (κ2) is 8.74. The summed E-state index contributed by atoms with van der Waals surface area (Å²) in [6.45, 7) is 8.62. The van der Waals surface area contributed by atoms with Crippen LogP contribution in [0.25, 0.3) is 17.0 Å². The van der Waals surface area contributed by atoms with Gasteiger partial charge in [0.05, 0.1) is 5.39 Å². The highest BCUT2D eigenvalue weighted by molar-refractivity contribution is 5.98. The summed E-state index contributed by atoms with van der Waals surface area (Å²) in [5.74, 6) is -0.360. The Balaban J connectivity index is 1.80. The van der Waals surface area contributed by atoms with Gasteiger partial charge < -0.3 is 9.30 Å². The van der Waals surface area contributed by atoms with Gasteiger partial charge in [-0.2, -0.15) is 9.94 Å². The lowest BCUT2D eigenvalue weighted by molar-refractivity contribution is -0.142. The topological polar surface area (TPSA) is 103 Å². The third-order valence-corrected chi connectivity index (χ3v) is 4.75. The summed E-state index contributed by atoms with van der Waals surface area (Å²) in [4.78, 5) is 24.9. The average molecular weight is 405 g/mol. The number of nitriles is 1. The normalized spacial score (nSPS) is 11.7. The third-order valence-electron chi connectivity index (χ3n) is 4.75. The van der Waals surface area contributed by atoms with Gasteiger partial charge in [-0.25, -0.2) is 4.79 Å². The van der Waals surface area contributed by atoms with E-state index in [1.54, 1.807) is 24.3 Å². The molecule has 30 heavy (non-hydrogen) atoms. The van der Waals surface area contributed by atoms with Crippen molar-refractivity contribution in [2.24, 2.45) is 5.92 Å². The molecule has 0 saturated carbocycles. The minimum Gasteiger partial charge on any atom is -0.438 e. The van der Waals surface area contributed by atoms with E-state index in [2.05, 4.69) is 28.7 Å². The van der Waals surface area contributed by atoms with Crippen molar-refractivity contribution in [3.8, 4) is 6.07 Å². The fourth-order valence-corrected chi connectivity index (χ4v) is 3.22. The molecule has 3 aromatic rings. The van der Waals surface area contributed by atoms with Crippen molar-refractivity contribution in [3.05, 3.63) is 63.2 Å². The smallest absolute Gasteiger partial charge is 0.350 e. The number of aromatic nitrogens is 4. The number of carbonyl (C=O) groups excluding carboxylic acids is 1. The van der Waals surface area contributed by atoms with E-state index in [0.29, 0.717) is 16.8 Å². The summed E-state index contributed by atoms with van der Waals surface area (Å²) < 4.78 is 8.25. The van der Waals surface area contributed by atoms with Crippen molar-refractivity contribution in [2.75, 3.05) is 0 Å². The number of esters is 1. The first-order valence-corrected chi connectivity index (χ1v) is 9.60. The maximum absolute atomic E-state index is 12.4. The van der Waals surface area contributed by atoms with Gasteiger partial charge in [0.15, 0.2) is 6.73 Å². The Labute approximate surface area is 174 Å². The second-order valence-corrected chi connectivity index (χ2v) is 7.47. The van der Waals surface area contributed by atoms with Gasteiger partial charge in [0.2, 0.25) is 0 Å². The fourth-order valence-electron chi connectivity index (χ4n) is 3.22. The van der Waals surface area contributed by atoms with Crippen LogP contribution in [-0.4, -0.2) is 25.5 Å². The predicted molar refractivity (Wildman–Crippen MR) is 112 cm³/mol. The van der Waals surface area contributed by atoms with Crippen LogP contribution in [0.15, 0.2) is 40.7 Å². The Morgan fingerprint density at radius 1 is 1.30 bits per heavy atom. The van der Waals surface area contributed by atoms with Crippen LogP contribution in [0, 0.1) is 31.1 Å². The number of rotatable bonds is 6. The molecule has 0 spiro atoms. The summed E-state index contributed by atoms with van der Waals surface area (Å²) >= 11 is 0. The van der Waals surface area contributed by atoms with Crippen LogP contribution >= 0.6 is 0 Å². The number of ether oxygens (including phenoxy) is 1. The zero-order chi connectivity index (χ0) is 21.8. The highest BCUT2D eigenvalue weighted by Gasteiger charge is 2.15. The largest absolute Gasteiger partial charge is 0.438 e. The van der Waals surface area contributed by atoms with E-state index >= 15 is 0 Å². The first-order valence-electron chi connectivity index (χ1n) is 9.60. The van der Waals surface area contributed by atoms with Crippen LogP contribution < -0.4 is 5.56 Å². The van der Waals surface area contributed by atoms with E-state index in [-0.39, 0.29) is 5.57 Å². The van der Waals surface area contributed by atoms with Crippen molar-refractivity contribution < 1.29 is 9.53 Å². The van der Waals surface area contributed by atoms with Crippen LogP contribution in [0.5, 0.6) is 0 Å². The van der Waals surface area contributed by atoms with Crippen molar-refractivity contribution >= 4 is 22.9 Å². The van der Waals surface area contributed by atoms with Gasteiger partial charge in [-0.15, -0.1) is 5.10 Å². The summed E-state index contributed by atoms with van der Waals surface area (Å²) in [5.41, 5.74) is 2.69. The molecule has 3 rings (SSSR count). The molecule has 0 radical (unpaired) electrons. The van der Waals surface area contributed by atoms with Crippen LogP contribution in [0.4, 0.5) is 0 Å². The van der Waals surface area contributed by atoms with Crippen LogP contribution in [0.2, 0.25) is 0 Å². The Hall–Kier alpha value is -3.73. The highest BCUT2D eigenvalue weighted by atomic mass is 16.5. The molecule has 1 aromatic carbocycles. The molecular weight excluding hydrogens is 382 g/mol. The standard InChI is InChI=1S/C22H23N5O3/c1-14(2)12-26-15(3)9-17(16(26)4)10-18(11-23)22(29)30-13-27-21(28)19-7-5-6-8-20(19)24-25-27/h5-10,14H,12-13H2,1-4H3/b18-10+. The van der Waals surface area contributed by atoms with E-state index in [9.17, 15) is 14.9 Å². The number of carbonyl (C=O) groups is 1. The predicted octanol–water partition coefficient (Wildman–Crippen LogP) is 2.97. The van der Waals surface area contributed by atoms with E-state index in [1.165, 1.54) is 6.08 Å². The molecule has 0 fully saturated rings. The first kappa shape index (κ1) is 21.0. The number of benzene rings is 1. The molecule has 0 atom stereocenters. The maximum Gasteiger partial charge on any atom is 0.350 e. The van der Waals surface area contributed by atoms with Gasteiger partial charge in [0.25, 0.3) is 5.56 Å². The number of aryl methyl sites for hydroxylation is 1. The lowest BCUT2D eigenvalue weighted by Gasteiger charge is -2.12. The molecule has 0 aliphatic carbocycles. The first-order chi connectivity index (χ1) is 14.3. The molecule has 0 bridgehead atoms. The van der Waals surface area contributed by atoms with Crippen molar-refractivity contribution in [1.82, 2.24) is 19.6 Å². The molecule has 0 amide bonds. The van der Waals surface area contributed by atoms with Gasteiger partial charge in [-0.05, 0) is 49.6 Å². The van der Waals surface area contributed by atoms with E-state index in [4.69, 9.17) is 4.74 Å².